The number of unbranched alkanes of at least 4 members (excludes halogenated alkanes) is 10. The van der Waals surface area contributed by atoms with E-state index in [1.165, 1.54) is 64.2 Å². The molecule has 0 bridgehead atoms. The normalized spacial score (nSPS) is 16.0. The van der Waals surface area contributed by atoms with Gasteiger partial charge >= 0.3 is 0 Å². The number of hydrogen-bond acceptors (Lipinski definition) is 5. The van der Waals surface area contributed by atoms with Crippen molar-refractivity contribution < 1.29 is 27.9 Å². The zero-order valence-electron chi connectivity index (χ0n) is 25.1. The number of methoxy groups -OCH3 is 1. The Morgan fingerprint density at radius 2 is 1.27 bits per heavy atom. The summed E-state index contributed by atoms with van der Waals surface area (Å²) in [6.45, 7) is 5.24. The van der Waals surface area contributed by atoms with Crippen LogP contribution in [0.1, 0.15) is 110 Å². The quantitative estimate of drug-likeness (QED) is 0.0484. The van der Waals surface area contributed by atoms with Crippen LogP contribution < -0.4 is 4.89 Å². The van der Waals surface area contributed by atoms with Gasteiger partial charge in [0.15, 0.2) is 13.4 Å². The molecule has 2 unspecified atom stereocenters. The van der Waals surface area contributed by atoms with Gasteiger partial charge in [0, 0.05) is 20.1 Å². The van der Waals surface area contributed by atoms with Crippen LogP contribution >= 0.6 is 7.60 Å². The van der Waals surface area contributed by atoms with Crippen molar-refractivity contribution in [2.24, 2.45) is 0 Å². The topological polar surface area (TPSA) is 67.8 Å². The van der Waals surface area contributed by atoms with Crippen LogP contribution in [0, 0.1) is 0 Å². The van der Waals surface area contributed by atoms with Crippen molar-refractivity contribution >= 4 is 7.60 Å². The summed E-state index contributed by atoms with van der Waals surface area (Å²) < 4.78 is 29.5. The monoisotopic (exact) mass is 545 g/mol. The van der Waals surface area contributed by atoms with E-state index in [-0.39, 0.29) is 12.7 Å². The molecule has 37 heavy (non-hydrogen) atoms. The predicted octanol–water partition coefficient (Wildman–Crippen LogP) is 7.62. The molecule has 0 fully saturated rings. The largest absolute Gasteiger partial charge is 0.774 e. The van der Waals surface area contributed by atoms with E-state index in [4.69, 9.17) is 14.0 Å². The number of nitrogens with zero attached hydrogens (tertiary/aromatic N) is 1. The maximum absolute atomic E-state index is 12.7. The summed E-state index contributed by atoms with van der Waals surface area (Å²) in [5.41, 5.74) is 0. The van der Waals surface area contributed by atoms with Gasteiger partial charge in [-0.05, 0) is 64.2 Å². The average molecular weight is 546 g/mol. The van der Waals surface area contributed by atoms with Crippen molar-refractivity contribution in [1.82, 2.24) is 0 Å². The highest BCUT2D eigenvalue weighted by Crippen LogP contribution is 2.48. The molecule has 0 aromatic heterocycles. The Kier molecular flexibility index (Phi) is 23.1. The predicted molar refractivity (Wildman–Crippen MR) is 156 cm³/mol. The number of rotatable bonds is 26. The first-order chi connectivity index (χ1) is 17.7. The molecule has 0 amide bonds. The molecule has 0 saturated heterocycles. The Labute approximate surface area is 230 Å². The first kappa shape index (κ1) is 36.5. The van der Waals surface area contributed by atoms with Crippen LogP contribution in [0.3, 0.4) is 0 Å². The minimum Gasteiger partial charge on any atom is -0.774 e. The maximum Gasteiger partial charge on any atom is 0.193 e. The molecule has 3 atom stereocenters. The maximum atomic E-state index is 12.7. The third kappa shape index (κ3) is 21.1. The van der Waals surface area contributed by atoms with E-state index in [1.54, 1.807) is 7.11 Å². The van der Waals surface area contributed by atoms with Gasteiger partial charge in [-0.15, -0.1) is 0 Å². The fraction of sp³-hybridized carbons (Fsp3) is 0.867. The first-order valence-corrected chi connectivity index (χ1v) is 16.5. The summed E-state index contributed by atoms with van der Waals surface area (Å²) in [5, 5.41) is 0. The lowest BCUT2D eigenvalue weighted by molar-refractivity contribution is -0.884. The van der Waals surface area contributed by atoms with Gasteiger partial charge in [-0.25, -0.2) is 0 Å². The standard InChI is InChI=1S/C30H60NO5P/c1-7-9-10-11-12-13-14-15-16-17-18-19-20-21-22-23-24-26-35-27-29(34-6)28-36-37(32,33)30(25-8-2)31(3,4)5/h13-14,19-20,29-30H,7-12,15-18,21-28H2,1-6H3/b14-13-,20-19-/t29-,30?/m1/s1. The molecule has 0 heterocycles. The third-order valence-corrected chi connectivity index (χ3v) is 8.78. The van der Waals surface area contributed by atoms with E-state index in [0.29, 0.717) is 24.1 Å². The van der Waals surface area contributed by atoms with Gasteiger partial charge < -0.3 is 27.9 Å². The smallest absolute Gasteiger partial charge is 0.193 e. The van der Waals surface area contributed by atoms with Gasteiger partial charge in [-0.2, -0.15) is 0 Å². The van der Waals surface area contributed by atoms with Crippen LogP contribution in [0.15, 0.2) is 24.3 Å². The molecule has 0 N–H and O–H groups in total. The Morgan fingerprint density at radius 3 is 1.73 bits per heavy atom. The zero-order chi connectivity index (χ0) is 27.8. The van der Waals surface area contributed by atoms with E-state index in [9.17, 15) is 9.46 Å². The lowest BCUT2D eigenvalue weighted by Crippen LogP contribution is -2.47. The first-order valence-electron chi connectivity index (χ1n) is 14.9. The second-order valence-corrected chi connectivity index (χ2v) is 13.0. The molecule has 0 aliphatic rings. The van der Waals surface area contributed by atoms with Crippen molar-refractivity contribution in [3.05, 3.63) is 24.3 Å². The van der Waals surface area contributed by atoms with Gasteiger partial charge in [0.2, 0.25) is 0 Å². The summed E-state index contributed by atoms with van der Waals surface area (Å²) in [4.78, 5) is 12.7. The molecule has 0 aromatic rings. The van der Waals surface area contributed by atoms with Crippen molar-refractivity contribution in [3.8, 4) is 0 Å². The number of allylic oxidation sites excluding steroid dienone is 4. The SMILES string of the molecule is CCCCCC/C=C\CCCC/C=C\CCCCCOC[C@H](COP(=O)([O-])C(CCC)[N+](C)(C)C)OC. The molecular weight excluding hydrogens is 485 g/mol. The summed E-state index contributed by atoms with van der Waals surface area (Å²) in [7, 11) is 3.21. The van der Waals surface area contributed by atoms with Crippen LogP contribution in [0.5, 0.6) is 0 Å². The molecule has 0 spiro atoms. The minimum absolute atomic E-state index is 0.00236. The lowest BCUT2D eigenvalue weighted by Gasteiger charge is -2.41. The molecule has 6 nitrogen and oxygen atoms in total. The minimum atomic E-state index is -4.01. The van der Waals surface area contributed by atoms with Crippen LogP contribution in [0.4, 0.5) is 0 Å². The Morgan fingerprint density at radius 1 is 0.757 bits per heavy atom. The number of quaternary nitrogens is 1. The number of ether oxygens (including phenoxy) is 2. The van der Waals surface area contributed by atoms with Crippen molar-refractivity contribution in [3.63, 3.8) is 0 Å². The summed E-state index contributed by atoms with van der Waals surface area (Å²) in [5.74, 6) is -0.558. The molecule has 7 heteroatoms. The van der Waals surface area contributed by atoms with E-state index in [2.05, 4.69) is 31.2 Å². The summed E-state index contributed by atoms with van der Waals surface area (Å²) >= 11 is 0. The summed E-state index contributed by atoms with van der Waals surface area (Å²) in [6, 6.07) is 0. The number of hydrogen-bond donors (Lipinski definition) is 0. The molecule has 0 saturated carbocycles. The van der Waals surface area contributed by atoms with Gasteiger partial charge in [0.25, 0.3) is 0 Å². The van der Waals surface area contributed by atoms with Crippen LogP contribution in [-0.4, -0.2) is 64.4 Å². The zero-order valence-corrected chi connectivity index (χ0v) is 26.0. The van der Waals surface area contributed by atoms with Crippen molar-refractivity contribution in [2.45, 2.75) is 122 Å². The lowest BCUT2D eigenvalue weighted by atomic mass is 10.1. The van der Waals surface area contributed by atoms with E-state index < -0.39 is 13.4 Å². The fourth-order valence-corrected chi connectivity index (χ4v) is 6.20. The Hall–Kier alpha value is -0.490. The van der Waals surface area contributed by atoms with Gasteiger partial charge in [0.05, 0.1) is 34.4 Å². The highest BCUT2D eigenvalue weighted by atomic mass is 31.2. The van der Waals surface area contributed by atoms with Crippen molar-refractivity contribution in [2.75, 3.05) is 48.1 Å². The Balaban J connectivity index is 3.79. The van der Waals surface area contributed by atoms with Crippen LogP contribution in [0.2, 0.25) is 0 Å². The molecule has 0 aliphatic heterocycles. The van der Waals surface area contributed by atoms with Gasteiger partial charge in [0.1, 0.15) is 6.10 Å². The molecular formula is C30H60NO5P. The van der Waals surface area contributed by atoms with E-state index >= 15 is 0 Å². The highest BCUT2D eigenvalue weighted by Gasteiger charge is 2.35. The third-order valence-electron chi connectivity index (χ3n) is 6.59. The average Bonchev–Trinajstić information content (AvgIpc) is 2.84. The molecule has 0 rings (SSSR count). The molecule has 220 valence electrons. The highest BCUT2D eigenvalue weighted by molar-refractivity contribution is 7.51. The molecule has 0 aliphatic carbocycles. The fourth-order valence-electron chi connectivity index (χ4n) is 4.23. The molecule has 0 radical (unpaired) electrons. The second-order valence-electron chi connectivity index (χ2n) is 11.1. The Bertz CT molecular complexity index is 618. The van der Waals surface area contributed by atoms with E-state index in [0.717, 1.165) is 25.7 Å². The molecule has 0 aromatic carbocycles. The van der Waals surface area contributed by atoms with Gasteiger partial charge in [-0.1, -0.05) is 63.8 Å². The van der Waals surface area contributed by atoms with Crippen LogP contribution in [0.25, 0.3) is 0 Å². The van der Waals surface area contributed by atoms with Crippen molar-refractivity contribution in [1.29, 1.82) is 0 Å². The second kappa shape index (κ2) is 23.4. The van der Waals surface area contributed by atoms with Crippen LogP contribution in [-0.2, 0) is 18.6 Å². The van der Waals surface area contributed by atoms with Gasteiger partial charge in [-0.3, -0.25) is 0 Å². The van der Waals surface area contributed by atoms with E-state index in [1.807, 2.05) is 28.1 Å². The summed E-state index contributed by atoms with van der Waals surface area (Å²) in [6.07, 6.45) is 26.3.